The second-order valence-corrected chi connectivity index (χ2v) is 4.50. The zero-order valence-electron chi connectivity index (χ0n) is 9.28. The van der Waals surface area contributed by atoms with Gasteiger partial charge in [-0.3, -0.25) is 0 Å². The highest BCUT2D eigenvalue weighted by Gasteiger charge is 2.08. The van der Waals surface area contributed by atoms with Gasteiger partial charge in [-0.15, -0.1) is 11.3 Å². The second kappa shape index (κ2) is 5.33. The fourth-order valence-corrected chi connectivity index (χ4v) is 2.08. The van der Waals surface area contributed by atoms with Crippen LogP contribution in [0.4, 0.5) is 8.78 Å². The van der Waals surface area contributed by atoms with E-state index >= 15 is 0 Å². The van der Waals surface area contributed by atoms with E-state index in [2.05, 4.69) is 10.3 Å². The first-order valence-electron chi connectivity index (χ1n) is 5.21. The molecule has 2 aromatic rings. The SMILES string of the molecule is CC(NCc1cscn1)c1cc(F)cc(F)c1. The van der Waals surface area contributed by atoms with E-state index in [1.807, 2.05) is 12.3 Å². The molecule has 2 rings (SSSR count). The van der Waals surface area contributed by atoms with Crippen molar-refractivity contribution in [2.75, 3.05) is 0 Å². The lowest BCUT2D eigenvalue weighted by Gasteiger charge is -2.13. The third-order valence-electron chi connectivity index (χ3n) is 2.46. The minimum absolute atomic E-state index is 0.123. The van der Waals surface area contributed by atoms with Gasteiger partial charge in [-0.1, -0.05) is 0 Å². The molecule has 1 atom stereocenters. The second-order valence-electron chi connectivity index (χ2n) is 3.79. The minimum atomic E-state index is -0.553. The van der Waals surface area contributed by atoms with Gasteiger partial charge >= 0.3 is 0 Å². The van der Waals surface area contributed by atoms with Crippen molar-refractivity contribution >= 4 is 11.3 Å². The van der Waals surface area contributed by atoms with Crippen LogP contribution in [0.2, 0.25) is 0 Å². The Morgan fingerprint density at radius 3 is 2.59 bits per heavy atom. The van der Waals surface area contributed by atoms with Crippen molar-refractivity contribution in [3.8, 4) is 0 Å². The van der Waals surface area contributed by atoms with Crippen molar-refractivity contribution in [1.82, 2.24) is 10.3 Å². The Kier molecular flexibility index (Phi) is 3.81. The molecule has 0 aliphatic heterocycles. The normalized spacial score (nSPS) is 12.6. The number of aromatic nitrogens is 1. The molecule has 0 radical (unpaired) electrons. The van der Waals surface area contributed by atoms with Crippen molar-refractivity contribution in [3.05, 3.63) is 52.0 Å². The molecule has 1 N–H and O–H groups in total. The van der Waals surface area contributed by atoms with E-state index in [0.717, 1.165) is 11.8 Å². The molecule has 0 amide bonds. The van der Waals surface area contributed by atoms with Crippen LogP contribution in [-0.4, -0.2) is 4.98 Å². The van der Waals surface area contributed by atoms with Gasteiger partial charge in [-0.05, 0) is 24.6 Å². The molecule has 0 bridgehead atoms. The summed E-state index contributed by atoms with van der Waals surface area (Å²) in [5.41, 5.74) is 3.28. The van der Waals surface area contributed by atoms with E-state index < -0.39 is 11.6 Å². The van der Waals surface area contributed by atoms with Gasteiger partial charge < -0.3 is 5.32 Å². The summed E-state index contributed by atoms with van der Waals surface area (Å²) in [6.45, 7) is 2.45. The van der Waals surface area contributed by atoms with Gasteiger partial charge in [0.2, 0.25) is 0 Å². The molecule has 0 fully saturated rings. The molecule has 0 spiro atoms. The Hall–Kier alpha value is -1.33. The molecule has 0 saturated heterocycles. The van der Waals surface area contributed by atoms with Gasteiger partial charge in [0, 0.05) is 24.0 Å². The van der Waals surface area contributed by atoms with E-state index in [-0.39, 0.29) is 6.04 Å². The molecule has 0 aliphatic rings. The van der Waals surface area contributed by atoms with Crippen molar-refractivity contribution in [2.45, 2.75) is 19.5 Å². The van der Waals surface area contributed by atoms with E-state index in [9.17, 15) is 8.78 Å². The lowest BCUT2D eigenvalue weighted by atomic mass is 10.1. The van der Waals surface area contributed by atoms with Gasteiger partial charge in [0.1, 0.15) is 11.6 Å². The predicted octanol–water partition coefficient (Wildman–Crippen LogP) is 3.27. The highest BCUT2D eigenvalue weighted by atomic mass is 32.1. The molecular formula is C12H12F2N2S. The molecular weight excluding hydrogens is 242 g/mol. The molecule has 5 heteroatoms. The Morgan fingerprint density at radius 1 is 1.29 bits per heavy atom. The van der Waals surface area contributed by atoms with Crippen LogP contribution in [0, 0.1) is 11.6 Å². The summed E-state index contributed by atoms with van der Waals surface area (Å²) in [5, 5.41) is 5.10. The Labute approximate surface area is 102 Å². The van der Waals surface area contributed by atoms with Gasteiger partial charge in [0.05, 0.1) is 11.2 Å². The summed E-state index contributed by atoms with van der Waals surface area (Å²) in [6, 6.07) is 3.42. The topological polar surface area (TPSA) is 24.9 Å². The fourth-order valence-electron chi connectivity index (χ4n) is 1.53. The average molecular weight is 254 g/mol. The van der Waals surface area contributed by atoms with Gasteiger partial charge in [0.25, 0.3) is 0 Å². The zero-order chi connectivity index (χ0) is 12.3. The quantitative estimate of drug-likeness (QED) is 0.905. The van der Waals surface area contributed by atoms with Crippen LogP contribution in [0.3, 0.4) is 0 Å². The smallest absolute Gasteiger partial charge is 0.126 e. The fraction of sp³-hybridized carbons (Fsp3) is 0.250. The molecule has 2 nitrogen and oxygen atoms in total. The number of hydrogen-bond donors (Lipinski definition) is 1. The summed E-state index contributed by atoms with van der Waals surface area (Å²) in [7, 11) is 0. The largest absolute Gasteiger partial charge is 0.305 e. The molecule has 0 saturated carbocycles. The number of nitrogens with one attached hydrogen (secondary N) is 1. The summed E-state index contributed by atoms with van der Waals surface area (Å²) >= 11 is 1.52. The van der Waals surface area contributed by atoms with Crippen LogP contribution in [0.5, 0.6) is 0 Å². The Morgan fingerprint density at radius 2 is 2.00 bits per heavy atom. The summed E-state index contributed by atoms with van der Waals surface area (Å²) in [5.74, 6) is -1.11. The molecule has 1 aromatic heterocycles. The van der Waals surface area contributed by atoms with Crippen LogP contribution >= 0.6 is 11.3 Å². The number of thiazole rings is 1. The highest BCUT2D eigenvalue weighted by molar-refractivity contribution is 7.07. The lowest BCUT2D eigenvalue weighted by molar-refractivity contribution is 0.543. The standard InChI is InChI=1S/C12H12F2N2S/c1-8(15-5-12-6-17-7-16-12)9-2-10(13)4-11(14)3-9/h2-4,6-8,15H,5H2,1H3. The number of halogens is 2. The van der Waals surface area contributed by atoms with E-state index in [4.69, 9.17) is 0 Å². The maximum absolute atomic E-state index is 13.0. The lowest BCUT2D eigenvalue weighted by Crippen LogP contribution is -2.18. The van der Waals surface area contributed by atoms with Crippen LogP contribution in [0.15, 0.2) is 29.1 Å². The third kappa shape index (κ3) is 3.31. The highest BCUT2D eigenvalue weighted by Crippen LogP contribution is 2.16. The Bertz CT molecular complexity index is 465. The van der Waals surface area contributed by atoms with E-state index in [1.54, 1.807) is 5.51 Å². The number of nitrogens with zero attached hydrogens (tertiary/aromatic N) is 1. The van der Waals surface area contributed by atoms with Gasteiger partial charge in [0.15, 0.2) is 0 Å². The van der Waals surface area contributed by atoms with E-state index in [1.165, 1.54) is 23.5 Å². The van der Waals surface area contributed by atoms with Gasteiger partial charge in [-0.2, -0.15) is 0 Å². The first-order chi connectivity index (χ1) is 8.15. The van der Waals surface area contributed by atoms with Gasteiger partial charge in [-0.25, -0.2) is 13.8 Å². The third-order valence-corrected chi connectivity index (χ3v) is 3.09. The number of benzene rings is 1. The summed E-state index contributed by atoms with van der Waals surface area (Å²) in [4.78, 5) is 4.12. The maximum Gasteiger partial charge on any atom is 0.126 e. The van der Waals surface area contributed by atoms with Crippen molar-refractivity contribution in [3.63, 3.8) is 0 Å². The van der Waals surface area contributed by atoms with Crippen molar-refractivity contribution < 1.29 is 8.78 Å². The zero-order valence-corrected chi connectivity index (χ0v) is 10.1. The molecule has 90 valence electrons. The van der Waals surface area contributed by atoms with E-state index in [0.29, 0.717) is 12.1 Å². The predicted molar refractivity (Wildman–Crippen MR) is 63.7 cm³/mol. The first kappa shape index (κ1) is 12.1. The molecule has 1 heterocycles. The Balaban J connectivity index is 2.01. The molecule has 1 aromatic carbocycles. The first-order valence-corrected chi connectivity index (χ1v) is 6.16. The monoisotopic (exact) mass is 254 g/mol. The van der Waals surface area contributed by atoms with Crippen LogP contribution in [0.25, 0.3) is 0 Å². The summed E-state index contributed by atoms with van der Waals surface area (Å²) < 4.78 is 26.0. The van der Waals surface area contributed by atoms with Crippen molar-refractivity contribution in [2.24, 2.45) is 0 Å². The number of rotatable bonds is 4. The van der Waals surface area contributed by atoms with Crippen LogP contribution in [-0.2, 0) is 6.54 Å². The van der Waals surface area contributed by atoms with Crippen molar-refractivity contribution in [1.29, 1.82) is 0 Å². The molecule has 17 heavy (non-hydrogen) atoms. The minimum Gasteiger partial charge on any atom is -0.305 e. The van der Waals surface area contributed by atoms with Crippen LogP contribution < -0.4 is 5.32 Å². The summed E-state index contributed by atoms with van der Waals surface area (Å²) in [6.07, 6.45) is 0. The van der Waals surface area contributed by atoms with Crippen LogP contribution in [0.1, 0.15) is 24.2 Å². The average Bonchev–Trinajstić information content (AvgIpc) is 2.77. The maximum atomic E-state index is 13.0. The molecule has 0 aliphatic carbocycles. The number of hydrogen-bond acceptors (Lipinski definition) is 3. The molecule has 1 unspecified atom stereocenters.